The molecule has 2 N–H and O–H groups in total. The van der Waals surface area contributed by atoms with Crippen molar-refractivity contribution in [3.8, 4) is 6.07 Å². The molecular formula is C20H15N5O3. The largest absolute Gasteiger partial charge is 0.458 e. The fourth-order valence-electron chi connectivity index (χ4n) is 3.30. The van der Waals surface area contributed by atoms with Gasteiger partial charge in [0.25, 0.3) is 5.69 Å². The zero-order chi connectivity index (χ0) is 19.9. The first kappa shape index (κ1) is 17.5. The molecule has 2 heterocycles. The van der Waals surface area contributed by atoms with Crippen LogP contribution in [0.2, 0.25) is 0 Å². The summed E-state index contributed by atoms with van der Waals surface area (Å²) in [5.41, 5.74) is 8.03. The Balaban J connectivity index is 1.95. The molecule has 2 aromatic carbocycles. The molecule has 0 fully saturated rings. The van der Waals surface area contributed by atoms with Gasteiger partial charge in [0.1, 0.15) is 16.9 Å². The Morgan fingerprint density at radius 2 is 2.00 bits per heavy atom. The van der Waals surface area contributed by atoms with Crippen molar-refractivity contribution in [1.29, 1.82) is 5.26 Å². The van der Waals surface area contributed by atoms with E-state index in [1.54, 1.807) is 53.5 Å². The van der Waals surface area contributed by atoms with Gasteiger partial charge in [0.05, 0.1) is 34.8 Å². The molecule has 1 unspecified atom stereocenters. The topological polar surface area (TPSA) is 124 Å². The SMILES string of the molecule is Cn1cncc1C(N)(c1ccc(C#N)cc1)c1cc2cc([N+](=O)[O-])ccc2o1. The van der Waals surface area contributed by atoms with E-state index in [4.69, 9.17) is 15.4 Å². The van der Waals surface area contributed by atoms with E-state index >= 15 is 0 Å². The van der Waals surface area contributed by atoms with Gasteiger partial charge in [-0.3, -0.25) is 10.1 Å². The summed E-state index contributed by atoms with van der Waals surface area (Å²) in [6, 6.07) is 15.1. The molecule has 138 valence electrons. The van der Waals surface area contributed by atoms with Crippen LogP contribution in [0.5, 0.6) is 0 Å². The second-order valence-corrected chi connectivity index (χ2v) is 6.48. The predicted molar refractivity (Wildman–Crippen MR) is 101 cm³/mol. The number of non-ortho nitro benzene ring substituents is 1. The van der Waals surface area contributed by atoms with Gasteiger partial charge < -0.3 is 14.7 Å². The molecule has 0 aliphatic rings. The number of fused-ring (bicyclic) bond motifs is 1. The van der Waals surface area contributed by atoms with Crippen LogP contribution in [0, 0.1) is 21.4 Å². The van der Waals surface area contributed by atoms with Crippen LogP contribution < -0.4 is 5.73 Å². The zero-order valence-corrected chi connectivity index (χ0v) is 14.9. The van der Waals surface area contributed by atoms with Gasteiger partial charge in [-0.15, -0.1) is 0 Å². The number of nitro benzene ring substituents is 1. The third kappa shape index (κ3) is 2.62. The molecule has 0 aliphatic carbocycles. The zero-order valence-electron chi connectivity index (χ0n) is 14.9. The van der Waals surface area contributed by atoms with Crippen LogP contribution in [0.15, 0.2) is 65.5 Å². The number of hydrogen-bond donors (Lipinski definition) is 1. The van der Waals surface area contributed by atoms with Gasteiger partial charge in [-0.05, 0) is 29.8 Å². The third-order valence-electron chi connectivity index (χ3n) is 4.79. The third-order valence-corrected chi connectivity index (χ3v) is 4.79. The van der Waals surface area contributed by atoms with Crippen molar-refractivity contribution >= 4 is 16.7 Å². The highest BCUT2D eigenvalue weighted by Gasteiger charge is 2.38. The second-order valence-electron chi connectivity index (χ2n) is 6.48. The van der Waals surface area contributed by atoms with Gasteiger partial charge in [-0.2, -0.15) is 5.26 Å². The summed E-state index contributed by atoms with van der Waals surface area (Å²) in [5.74, 6) is 0.413. The number of nitro groups is 1. The van der Waals surface area contributed by atoms with Crippen LogP contribution in [0.1, 0.15) is 22.6 Å². The van der Waals surface area contributed by atoms with Crippen molar-refractivity contribution in [1.82, 2.24) is 9.55 Å². The lowest BCUT2D eigenvalue weighted by Crippen LogP contribution is -2.40. The van der Waals surface area contributed by atoms with E-state index in [0.29, 0.717) is 33.6 Å². The maximum Gasteiger partial charge on any atom is 0.270 e. The van der Waals surface area contributed by atoms with Gasteiger partial charge in [-0.1, -0.05) is 12.1 Å². The molecule has 0 spiro atoms. The minimum atomic E-state index is -1.20. The molecule has 8 heteroatoms. The van der Waals surface area contributed by atoms with Gasteiger partial charge >= 0.3 is 0 Å². The van der Waals surface area contributed by atoms with E-state index in [1.165, 1.54) is 12.1 Å². The summed E-state index contributed by atoms with van der Waals surface area (Å²) in [6.45, 7) is 0. The van der Waals surface area contributed by atoms with Gasteiger partial charge in [0.2, 0.25) is 0 Å². The molecule has 8 nitrogen and oxygen atoms in total. The van der Waals surface area contributed by atoms with Crippen molar-refractivity contribution in [3.63, 3.8) is 0 Å². The molecule has 0 bridgehead atoms. The van der Waals surface area contributed by atoms with E-state index in [0.717, 1.165) is 0 Å². The molecule has 0 radical (unpaired) electrons. The summed E-state index contributed by atoms with van der Waals surface area (Å²) in [5, 5.41) is 20.7. The van der Waals surface area contributed by atoms with Crippen LogP contribution in [-0.4, -0.2) is 14.5 Å². The molecular weight excluding hydrogens is 358 g/mol. The van der Waals surface area contributed by atoms with E-state index in [-0.39, 0.29) is 5.69 Å². The Labute approximate surface area is 159 Å². The molecule has 1 atom stereocenters. The van der Waals surface area contributed by atoms with Crippen molar-refractivity contribution in [2.45, 2.75) is 5.54 Å². The summed E-state index contributed by atoms with van der Waals surface area (Å²) >= 11 is 0. The van der Waals surface area contributed by atoms with Crippen molar-refractivity contribution < 1.29 is 9.34 Å². The smallest absolute Gasteiger partial charge is 0.270 e. The molecule has 0 saturated heterocycles. The normalized spacial score (nSPS) is 13.2. The minimum absolute atomic E-state index is 0.0265. The fraction of sp³-hybridized carbons (Fsp3) is 0.100. The average Bonchev–Trinajstić information content (AvgIpc) is 3.33. The highest BCUT2D eigenvalue weighted by atomic mass is 16.6. The Morgan fingerprint density at radius 3 is 2.61 bits per heavy atom. The first-order valence-corrected chi connectivity index (χ1v) is 8.38. The minimum Gasteiger partial charge on any atom is -0.458 e. The number of aromatic nitrogens is 2. The lowest BCUT2D eigenvalue weighted by molar-refractivity contribution is -0.384. The van der Waals surface area contributed by atoms with Crippen molar-refractivity contribution in [2.75, 3.05) is 0 Å². The standard InChI is InChI=1S/C20H15N5O3/c1-24-12-23-11-18(24)20(22,15-4-2-13(10-21)3-5-15)19-9-14-8-16(25(26)27)6-7-17(14)28-19/h2-9,11-12H,22H2,1H3. The summed E-state index contributed by atoms with van der Waals surface area (Å²) < 4.78 is 7.79. The quantitative estimate of drug-likeness (QED) is 0.433. The number of nitrogens with zero attached hydrogens (tertiary/aromatic N) is 4. The summed E-state index contributed by atoms with van der Waals surface area (Å²) in [4.78, 5) is 14.8. The number of nitriles is 1. The van der Waals surface area contributed by atoms with Crippen LogP contribution >= 0.6 is 0 Å². The second kappa shape index (κ2) is 6.33. The van der Waals surface area contributed by atoms with Gasteiger partial charge in [-0.25, -0.2) is 4.98 Å². The number of hydrogen-bond acceptors (Lipinski definition) is 6. The van der Waals surface area contributed by atoms with Crippen LogP contribution in [0.3, 0.4) is 0 Å². The average molecular weight is 373 g/mol. The maximum absolute atomic E-state index is 11.1. The van der Waals surface area contributed by atoms with E-state index in [1.807, 2.05) is 7.05 Å². The van der Waals surface area contributed by atoms with Crippen molar-refractivity contribution in [3.05, 3.63) is 93.8 Å². The lowest BCUT2D eigenvalue weighted by atomic mass is 9.84. The Kier molecular flexibility index (Phi) is 3.95. The molecule has 0 amide bonds. The Morgan fingerprint density at radius 1 is 1.25 bits per heavy atom. The molecule has 0 aliphatic heterocycles. The fourth-order valence-corrected chi connectivity index (χ4v) is 3.30. The number of aryl methyl sites for hydroxylation is 1. The Bertz CT molecular complexity index is 1230. The number of nitrogens with two attached hydrogens (primary N) is 1. The monoisotopic (exact) mass is 373 g/mol. The van der Waals surface area contributed by atoms with Gasteiger partial charge in [0.15, 0.2) is 0 Å². The Hall–Kier alpha value is -3.96. The van der Waals surface area contributed by atoms with Crippen LogP contribution in [0.25, 0.3) is 11.0 Å². The molecule has 4 aromatic rings. The first-order chi connectivity index (χ1) is 13.4. The van der Waals surface area contributed by atoms with Crippen molar-refractivity contribution in [2.24, 2.45) is 12.8 Å². The number of furan rings is 1. The van der Waals surface area contributed by atoms with E-state index in [9.17, 15) is 10.1 Å². The number of imidazole rings is 1. The summed E-state index contributed by atoms with van der Waals surface area (Å²) in [6.07, 6.45) is 3.28. The van der Waals surface area contributed by atoms with Gasteiger partial charge in [0, 0.05) is 24.6 Å². The number of benzene rings is 2. The maximum atomic E-state index is 11.1. The molecule has 28 heavy (non-hydrogen) atoms. The molecule has 0 saturated carbocycles. The first-order valence-electron chi connectivity index (χ1n) is 8.38. The predicted octanol–water partition coefficient (Wildman–Crippen LogP) is 3.20. The molecule has 4 rings (SSSR count). The van der Waals surface area contributed by atoms with Crippen LogP contribution in [-0.2, 0) is 12.6 Å². The van der Waals surface area contributed by atoms with Crippen LogP contribution in [0.4, 0.5) is 5.69 Å². The highest BCUT2D eigenvalue weighted by molar-refractivity contribution is 5.81. The summed E-state index contributed by atoms with van der Waals surface area (Å²) in [7, 11) is 1.82. The highest BCUT2D eigenvalue weighted by Crippen LogP contribution is 2.37. The van der Waals surface area contributed by atoms with E-state index in [2.05, 4.69) is 11.1 Å². The van der Waals surface area contributed by atoms with E-state index < -0.39 is 10.5 Å². The lowest BCUT2D eigenvalue weighted by Gasteiger charge is -2.28. The molecule has 2 aromatic heterocycles. The number of rotatable bonds is 4.